The first-order chi connectivity index (χ1) is 9.92. The molecule has 1 heterocycles. The van der Waals surface area contributed by atoms with Gasteiger partial charge in [-0.2, -0.15) is 0 Å². The van der Waals surface area contributed by atoms with Crippen LogP contribution in [0.5, 0.6) is 0 Å². The highest BCUT2D eigenvalue weighted by atomic mass is 16.5. The molecule has 0 bridgehead atoms. The maximum absolute atomic E-state index is 10.5. The molecule has 112 valence electrons. The van der Waals surface area contributed by atoms with Crippen LogP contribution in [0, 0.1) is 17.8 Å². The van der Waals surface area contributed by atoms with Crippen molar-refractivity contribution in [1.82, 2.24) is 0 Å². The molecule has 1 aliphatic heterocycles. The van der Waals surface area contributed by atoms with Crippen molar-refractivity contribution < 1.29 is 9.84 Å². The van der Waals surface area contributed by atoms with Crippen LogP contribution < -0.4 is 0 Å². The molecule has 3 aliphatic rings. The Morgan fingerprint density at radius 1 is 1.38 bits per heavy atom. The van der Waals surface area contributed by atoms with E-state index in [9.17, 15) is 5.11 Å². The van der Waals surface area contributed by atoms with Crippen LogP contribution in [0.1, 0.15) is 27.2 Å². The maximum Gasteiger partial charge on any atom is 0.0991 e. The van der Waals surface area contributed by atoms with Crippen molar-refractivity contribution >= 4 is 0 Å². The van der Waals surface area contributed by atoms with Crippen molar-refractivity contribution in [3.8, 4) is 0 Å². The Labute approximate surface area is 127 Å². The molecular formula is C19H24O2. The summed E-state index contributed by atoms with van der Waals surface area (Å²) in [5, 5.41) is 10.5. The van der Waals surface area contributed by atoms with E-state index in [1.54, 1.807) is 0 Å². The number of rotatable bonds is 2. The van der Waals surface area contributed by atoms with Gasteiger partial charge in [-0.25, -0.2) is 0 Å². The van der Waals surface area contributed by atoms with Gasteiger partial charge in [0.2, 0.25) is 0 Å². The smallest absolute Gasteiger partial charge is 0.0991 e. The minimum Gasteiger partial charge on any atom is -0.512 e. The molecule has 0 radical (unpaired) electrons. The number of allylic oxidation sites excluding steroid dienone is 6. The minimum atomic E-state index is -0.229. The lowest BCUT2D eigenvalue weighted by molar-refractivity contribution is -0.154. The summed E-state index contributed by atoms with van der Waals surface area (Å²) in [6.45, 7) is 10.2. The summed E-state index contributed by atoms with van der Waals surface area (Å²) in [5.41, 5.74) is 2.12. The molecule has 1 fully saturated rings. The zero-order chi connectivity index (χ0) is 15.2. The van der Waals surface area contributed by atoms with Gasteiger partial charge in [-0.05, 0) is 44.8 Å². The van der Waals surface area contributed by atoms with Crippen molar-refractivity contribution in [3.05, 3.63) is 59.9 Å². The van der Waals surface area contributed by atoms with Crippen LogP contribution in [0.15, 0.2) is 59.9 Å². The molecule has 1 N–H and O–H groups in total. The first kappa shape index (κ1) is 14.4. The Balaban J connectivity index is 2.00. The lowest BCUT2D eigenvalue weighted by Gasteiger charge is -2.51. The van der Waals surface area contributed by atoms with Crippen molar-refractivity contribution in [2.45, 2.75) is 38.9 Å². The summed E-state index contributed by atoms with van der Waals surface area (Å²) in [6, 6.07) is 0. The number of fused-ring (bicyclic) bond motifs is 3. The Kier molecular flexibility index (Phi) is 3.45. The topological polar surface area (TPSA) is 29.5 Å². The zero-order valence-corrected chi connectivity index (χ0v) is 13.0. The summed E-state index contributed by atoms with van der Waals surface area (Å²) in [7, 11) is 0. The van der Waals surface area contributed by atoms with Crippen LogP contribution in [-0.4, -0.2) is 16.8 Å². The Bertz CT molecular complexity index is 574. The van der Waals surface area contributed by atoms with Crippen LogP contribution in [0.4, 0.5) is 0 Å². The van der Waals surface area contributed by atoms with E-state index >= 15 is 0 Å². The predicted octanol–water partition coefficient (Wildman–Crippen LogP) is 4.49. The largest absolute Gasteiger partial charge is 0.512 e. The summed E-state index contributed by atoms with van der Waals surface area (Å²) >= 11 is 0. The second-order valence-electron chi connectivity index (χ2n) is 6.89. The van der Waals surface area contributed by atoms with E-state index in [0.717, 1.165) is 12.0 Å². The third kappa shape index (κ3) is 2.42. The van der Waals surface area contributed by atoms with Crippen LogP contribution >= 0.6 is 0 Å². The fraction of sp³-hybridized carbons (Fsp3) is 0.474. The molecular weight excluding hydrogens is 260 g/mol. The molecule has 4 atom stereocenters. The molecule has 0 aromatic carbocycles. The van der Waals surface area contributed by atoms with Gasteiger partial charge < -0.3 is 9.84 Å². The lowest BCUT2D eigenvalue weighted by Crippen LogP contribution is -2.53. The Morgan fingerprint density at radius 2 is 2.14 bits per heavy atom. The third-order valence-electron chi connectivity index (χ3n) is 4.88. The number of ether oxygens (including phenoxy) is 1. The van der Waals surface area contributed by atoms with Gasteiger partial charge in [0.05, 0.1) is 23.4 Å². The molecule has 4 unspecified atom stereocenters. The Hall–Kier alpha value is -1.54. The SMILES string of the molecule is C=CCC1=CC2OC(C)(C)C3C=CC(C)=CC3C2C(O)=C1. The van der Waals surface area contributed by atoms with E-state index in [2.05, 4.69) is 51.7 Å². The van der Waals surface area contributed by atoms with Crippen LogP contribution in [0.2, 0.25) is 0 Å². The molecule has 0 aromatic heterocycles. The molecule has 2 aliphatic carbocycles. The summed E-state index contributed by atoms with van der Waals surface area (Å²) in [5.74, 6) is 1.06. The summed E-state index contributed by atoms with van der Waals surface area (Å²) < 4.78 is 6.34. The van der Waals surface area contributed by atoms with Gasteiger partial charge in [-0.15, -0.1) is 6.58 Å². The summed E-state index contributed by atoms with van der Waals surface area (Å²) in [6.07, 6.45) is 13.3. The standard InChI is InChI=1S/C19H24O2/c1-5-6-13-10-16(20)18-14-9-12(2)7-8-15(14)19(3,4)21-17(18)11-13/h5,7-11,14-15,17-18,20H,1,6H2,2-4H3. The van der Waals surface area contributed by atoms with Gasteiger partial charge in [-0.3, -0.25) is 0 Å². The number of hydrogen-bond acceptors (Lipinski definition) is 2. The van der Waals surface area contributed by atoms with Crippen LogP contribution in [0.25, 0.3) is 0 Å². The van der Waals surface area contributed by atoms with E-state index in [0.29, 0.717) is 17.6 Å². The molecule has 0 aromatic rings. The normalized spacial score (nSPS) is 36.8. The van der Waals surface area contributed by atoms with E-state index in [-0.39, 0.29) is 17.6 Å². The van der Waals surface area contributed by atoms with E-state index in [1.165, 1.54) is 5.57 Å². The third-order valence-corrected chi connectivity index (χ3v) is 4.88. The zero-order valence-electron chi connectivity index (χ0n) is 13.0. The monoisotopic (exact) mass is 284 g/mol. The minimum absolute atomic E-state index is 0.0245. The average molecular weight is 284 g/mol. The molecule has 0 saturated carbocycles. The fourth-order valence-electron chi connectivity index (χ4n) is 3.93. The highest BCUT2D eigenvalue weighted by Gasteiger charge is 2.50. The summed E-state index contributed by atoms with van der Waals surface area (Å²) in [4.78, 5) is 0. The Morgan fingerprint density at radius 3 is 2.86 bits per heavy atom. The van der Waals surface area contributed by atoms with E-state index in [4.69, 9.17) is 4.74 Å². The number of aliphatic hydroxyl groups excluding tert-OH is 1. The molecule has 0 amide bonds. The first-order valence-electron chi connectivity index (χ1n) is 7.69. The van der Waals surface area contributed by atoms with Gasteiger partial charge in [0.25, 0.3) is 0 Å². The van der Waals surface area contributed by atoms with E-state index < -0.39 is 0 Å². The fourth-order valence-corrected chi connectivity index (χ4v) is 3.93. The average Bonchev–Trinajstić information content (AvgIpc) is 2.37. The lowest BCUT2D eigenvalue weighted by atomic mass is 9.65. The van der Waals surface area contributed by atoms with E-state index in [1.807, 2.05) is 12.2 Å². The second kappa shape index (κ2) is 5.03. The van der Waals surface area contributed by atoms with Gasteiger partial charge in [0.1, 0.15) is 0 Å². The number of hydrogen-bond donors (Lipinski definition) is 1. The molecule has 0 spiro atoms. The molecule has 21 heavy (non-hydrogen) atoms. The highest BCUT2D eigenvalue weighted by molar-refractivity contribution is 5.36. The molecule has 2 nitrogen and oxygen atoms in total. The van der Waals surface area contributed by atoms with Crippen molar-refractivity contribution in [1.29, 1.82) is 0 Å². The highest BCUT2D eigenvalue weighted by Crippen LogP contribution is 2.49. The molecule has 2 heteroatoms. The van der Waals surface area contributed by atoms with Gasteiger partial charge in [0, 0.05) is 5.92 Å². The quantitative estimate of drug-likeness (QED) is 0.757. The number of aliphatic hydroxyl groups is 1. The van der Waals surface area contributed by atoms with Gasteiger partial charge in [0.15, 0.2) is 0 Å². The van der Waals surface area contributed by atoms with Crippen LogP contribution in [-0.2, 0) is 4.74 Å². The van der Waals surface area contributed by atoms with Crippen LogP contribution in [0.3, 0.4) is 0 Å². The maximum atomic E-state index is 10.5. The van der Waals surface area contributed by atoms with Crippen molar-refractivity contribution in [2.75, 3.05) is 0 Å². The van der Waals surface area contributed by atoms with Gasteiger partial charge in [-0.1, -0.05) is 36.0 Å². The molecule has 1 saturated heterocycles. The predicted molar refractivity (Wildman–Crippen MR) is 85.9 cm³/mol. The molecule has 3 rings (SSSR count). The van der Waals surface area contributed by atoms with Crippen molar-refractivity contribution in [3.63, 3.8) is 0 Å². The first-order valence-corrected chi connectivity index (χ1v) is 7.69. The van der Waals surface area contributed by atoms with Crippen molar-refractivity contribution in [2.24, 2.45) is 17.8 Å². The van der Waals surface area contributed by atoms with Gasteiger partial charge >= 0.3 is 0 Å². The second-order valence-corrected chi connectivity index (χ2v) is 6.89.